The first-order valence-corrected chi connectivity index (χ1v) is 13.6. The van der Waals surface area contributed by atoms with Crippen molar-refractivity contribution < 1.29 is 14.3 Å². The number of fused-ring (bicyclic) bond motifs is 1. The molecule has 8 nitrogen and oxygen atoms in total. The zero-order valence-corrected chi connectivity index (χ0v) is 24.9. The van der Waals surface area contributed by atoms with Crippen LogP contribution in [0.4, 0.5) is 11.4 Å². The van der Waals surface area contributed by atoms with Crippen LogP contribution < -0.4 is 21.5 Å². The summed E-state index contributed by atoms with van der Waals surface area (Å²) in [6, 6.07) is 20.9. The molecule has 0 fully saturated rings. The van der Waals surface area contributed by atoms with Crippen LogP contribution in [0.15, 0.2) is 66.7 Å². The van der Waals surface area contributed by atoms with Crippen molar-refractivity contribution in [3.05, 3.63) is 106 Å². The van der Waals surface area contributed by atoms with Gasteiger partial charge in [0.05, 0.1) is 11.0 Å². The summed E-state index contributed by atoms with van der Waals surface area (Å²) in [4.78, 5) is 31.8. The third-order valence-electron chi connectivity index (χ3n) is 7.16. The second kappa shape index (κ2) is 12.6. The number of amides is 2. The summed E-state index contributed by atoms with van der Waals surface area (Å²) >= 11 is 0. The van der Waals surface area contributed by atoms with Crippen LogP contribution in [0.3, 0.4) is 0 Å². The van der Waals surface area contributed by atoms with Gasteiger partial charge in [-0.25, -0.2) is 4.98 Å². The summed E-state index contributed by atoms with van der Waals surface area (Å²) < 4.78 is 5.43. The van der Waals surface area contributed by atoms with E-state index >= 15 is 0 Å². The number of nitrogens with zero attached hydrogens (tertiary/aromatic N) is 1. The van der Waals surface area contributed by atoms with E-state index in [2.05, 4.69) is 24.1 Å². The zero-order chi connectivity index (χ0) is 30.6. The first-order chi connectivity index (χ1) is 19.9. The molecule has 2 amide bonds. The number of carbonyl (C=O) groups is 2. The van der Waals surface area contributed by atoms with Gasteiger partial charge in [0.2, 0.25) is 0 Å². The minimum absolute atomic E-state index is 0.171. The van der Waals surface area contributed by atoms with Gasteiger partial charge in [-0.3, -0.25) is 9.59 Å². The number of benzene rings is 4. The molecule has 0 atom stereocenters. The second-order valence-electron chi connectivity index (χ2n) is 10.6. The molecule has 4 aromatic carbocycles. The molecule has 5 rings (SSSR count). The highest BCUT2D eigenvalue weighted by atomic mass is 16.5. The van der Waals surface area contributed by atoms with E-state index in [4.69, 9.17) is 21.2 Å². The molecule has 0 saturated carbocycles. The Morgan fingerprint density at radius 2 is 1.43 bits per heavy atom. The number of hydrogen-bond acceptors (Lipinski definition) is 5. The SMILES string of the molecule is Cc1ccc(N)cc1C.Cc1ccc(NC(=O)c2ccc3nc(-c4c(C)cc(OCC(N)=O)cc4C)[nH]c3c2)cc1C. The summed E-state index contributed by atoms with van der Waals surface area (Å²) in [6.07, 6.45) is 0. The molecule has 5 aromatic rings. The molecule has 0 aliphatic rings. The number of rotatable bonds is 6. The number of ether oxygens (including phenoxy) is 1. The Balaban J connectivity index is 0.000000385. The first kappa shape index (κ1) is 29.9. The zero-order valence-electron chi connectivity index (χ0n) is 24.9. The van der Waals surface area contributed by atoms with Crippen molar-refractivity contribution in [3.8, 4) is 17.1 Å². The number of carbonyl (C=O) groups excluding carboxylic acids is 2. The second-order valence-corrected chi connectivity index (χ2v) is 10.6. The fourth-order valence-corrected chi connectivity index (χ4v) is 4.59. The molecule has 216 valence electrons. The fourth-order valence-electron chi connectivity index (χ4n) is 4.59. The molecular weight excluding hydrogens is 526 g/mol. The third kappa shape index (κ3) is 7.14. The van der Waals surface area contributed by atoms with Crippen LogP contribution in [0.25, 0.3) is 22.4 Å². The number of hydrogen-bond donors (Lipinski definition) is 4. The van der Waals surface area contributed by atoms with E-state index in [1.807, 2.05) is 82.3 Å². The maximum atomic E-state index is 12.8. The molecule has 0 bridgehead atoms. The highest BCUT2D eigenvalue weighted by Gasteiger charge is 2.15. The third-order valence-corrected chi connectivity index (χ3v) is 7.16. The van der Waals surface area contributed by atoms with Crippen molar-refractivity contribution in [2.75, 3.05) is 17.7 Å². The molecular formula is C34H37N5O3. The number of primary amides is 1. The minimum Gasteiger partial charge on any atom is -0.484 e. The Morgan fingerprint density at radius 1 is 0.786 bits per heavy atom. The molecule has 1 heterocycles. The van der Waals surface area contributed by atoms with E-state index in [0.29, 0.717) is 17.1 Å². The summed E-state index contributed by atoms with van der Waals surface area (Å²) in [7, 11) is 0. The monoisotopic (exact) mass is 563 g/mol. The van der Waals surface area contributed by atoms with Gasteiger partial charge in [0.25, 0.3) is 11.8 Å². The van der Waals surface area contributed by atoms with Crippen LogP contribution >= 0.6 is 0 Å². The van der Waals surface area contributed by atoms with Crippen molar-refractivity contribution in [1.29, 1.82) is 0 Å². The van der Waals surface area contributed by atoms with Crippen LogP contribution in [0, 0.1) is 41.5 Å². The number of anilines is 2. The maximum Gasteiger partial charge on any atom is 0.255 e. The minimum atomic E-state index is -0.524. The van der Waals surface area contributed by atoms with Crippen molar-refractivity contribution in [3.63, 3.8) is 0 Å². The van der Waals surface area contributed by atoms with Gasteiger partial charge in [-0.1, -0.05) is 12.1 Å². The molecule has 42 heavy (non-hydrogen) atoms. The molecule has 6 N–H and O–H groups in total. The Morgan fingerprint density at radius 3 is 2.02 bits per heavy atom. The van der Waals surface area contributed by atoms with Crippen molar-refractivity contribution in [2.45, 2.75) is 41.5 Å². The van der Waals surface area contributed by atoms with Crippen molar-refractivity contribution in [1.82, 2.24) is 9.97 Å². The van der Waals surface area contributed by atoms with Gasteiger partial charge in [0, 0.05) is 22.5 Å². The van der Waals surface area contributed by atoms with Gasteiger partial charge in [-0.15, -0.1) is 0 Å². The van der Waals surface area contributed by atoms with Gasteiger partial charge in [0.1, 0.15) is 11.6 Å². The molecule has 0 aliphatic carbocycles. The molecule has 0 aliphatic heterocycles. The standard InChI is InChI=1S/C26H26N4O3.C8H11N/c1-14-5-7-19(9-15(14)2)28-26(32)18-6-8-21-22(12-18)30-25(29-21)24-16(3)10-20(11-17(24)4)33-13-23(27)31;1-6-3-4-8(9)5-7(6)2/h5-12H,13H2,1-4H3,(H2,27,31)(H,28,32)(H,29,30);3-5H,9H2,1-2H3. The molecule has 0 unspecified atom stereocenters. The van der Waals surface area contributed by atoms with E-state index < -0.39 is 5.91 Å². The quantitative estimate of drug-likeness (QED) is 0.176. The maximum absolute atomic E-state index is 12.8. The summed E-state index contributed by atoms with van der Waals surface area (Å²) in [6.45, 7) is 11.9. The predicted octanol–water partition coefficient (Wildman–Crippen LogP) is 6.47. The first-order valence-electron chi connectivity index (χ1n) is 13.6. The van der Waals surface area contributed by atoms with Crippen LogP contribution in [0.5, 0.6) is 5.75 Å². The highest BCUT2D eigenvalue weighted by Crippen LogP contribution is 2.31. The number of aromatic amines is 1. The number of aromatic nitrogens is 2. The number of nitrogens with one attached hydrogen (secondary N) is 2. The van der Waals surface area contributed by atoms with E-state index in [0.717, 1.165) is 44.7 Å². The number of H-pyrrole nitrogens is 1. The van der Waals surface area contributed by atoms with Gasteiger partial charge < -0.3 is 26.5 Å². The van der Waals surface area contributed by atoms with Crippen molar-refractivity contribution >= 4 is 34.2 Å². The van der Waals surface area contributed by atoms with E-state index in [9.17, 15) is 9.59 Å². The van der Waals surface area contributed by atoms with Gasteiger partial charge in [0.15, 0.2) is 6.61 Å². The Hall–Kier alpha value is -5.11. The molecule has 1 aromatic heterocycles. The van der Waals surface area contributed by atoms with Crippen LogP contribution in [0.2, 0.25) is 0 Å². The average Bonchev–Trinajstić information content (AvgIpc) is 3.34. The van der Waals surface area contributed by atoms with E-state index in [-0.39, 0.29) is 12.5 Å². The summed E-state index contributed by atoms with van der Waals surface area (Å²) in [5, 5.41) is 2.95. The van der Waals surface area contributed by atoms with Crippen LogP contribution in [-0.4, -0.2) is 28.4 Å². The molecule has 8 heteroatoms. The lowest BCUT2D eigenvalue weighted by atomic mass is 10.0. The fraction of sp³-hybridized carbons (Fsp3) is 0.206. The average molecular weight is 564 g/mol. The normalized spacial score (nSPS) is 10.6. The molecule has 0 spiro atoms. The van der Waals surface area contributed by atoms with E-state index in [1.54, 1.807) is 12.1 Å². The number of imidazole rings is 1. The lowest BCUT2D eigenvalue weighted by Crippen LogP contribution is -2.20. The summed E-state index contributed by atoms with van der Waals surface area (Å²) in [5.74, 6) is 0.575. The largest absolute Gasteiger partial charge is 0.484 e. The Kier molecular flexibility index (Phi) is 8.96. The Labute approximate surface area is 246 Å². The van der Waals surface area contributed by atoms with Crippen LogP contribution in [0.1, 0.15) is 43.7 Å². The molecule has 0 radical (unpaired) electrons. The van der Waals surface area contributed by atoms with Gasteiger partial charge in [-0.2, -0.15) is 0 Å². The number of aryl methyl sites for hydroxylation is 6. The number of nitrogens with two attached hydrogens (primary N) is 2. The lowest BCUT2D eigenvalue weighted by molar-refractivity contribution is -0.119. The Bertz CT molecular complexity index is 1770. The van der Waals surface area contributed by atoms with Gasteiger partial charge in [-0.05, 0) is 130 Å². The summed E-state index contributed by atoms with van der Waals surface area (Å²) in [5.41, 5.74) is 22.1. The smallest absolute Gasteiger partial charge is 0.255 e. The number of nitrogen functional groups attached to an aromatic ring is 1. The highest BCUT2D eigenvalue weighted by molar-refractivity contribution is 6.06. The van der Waals surface area contributed by atoms with Crippen molar-refractivity contribution in [2.24, 2.45) is 5.73 Å². The van der Waals surface area contributed by atoms with E-state index in [1.165, 1.54) is 16.7 Å². The predicted molar refractivity (Wildman–Crippen MR) is 170 cm³/mol. The van der Waals surface area contributed by atoms with Gasteiger partial charge >= 0.3 is 0 Å². The lowest BCUT2D eigenvalue weighted by Gasteiger charge is -2.11. The van der Waals surface area contributed by atoms with Crippen LogP contribution in [-0.2, 0) is 4.79 Å². The molecule has 0 saturated heterocycles. The topological polar surface area (TPSA) is 136 Å².